The standard InChI is InChI=1S/C16H18Cl3NO3/c1-3-23-16(22)14-5-4-9(2)20(14)15(21)8-11-12(18)6-10(17)7-13(11)19/h6-7,9,14H,3-5,8H2,1-2H3. The summed E-state index contributed by atoms with van der Waals surface area (Å²) >= 11 is 18.2. The number of likely N-dealkylation sites (tertiary alicyclic amines) is 1. The van der Waals surface area contributed by atoms with Crippen molar-refractivity contribution in [2.24, 2.45) is 0 Å². The van der Waals surface area contributed by atoms with Crippen LogP contribution in [-0.4, -0.2) is 35.5 Å². The lowest BCUT2D eigenvalue weighted by molar-refractivity contribution is -0.153. The molecule has 1 amide bonds. The molecule has 1 aliphatic heterocycles. The second-order valence-electron chi connectivity index (χ2n) is 5.52. The molecule has 1 aromatic carbocycles. The highest BCUT2D eigenvalue weighted by molar-refractivity contribution is 6.39. The Bertz CT molecular complexity index is 598. The van der Waals surface area contributed by atoms with E-state index in [1.165, 1.54) is 0 Å². The minimum Gasteiger partial charge on any atom is -0.464 e. The van der Waals surface area contributed by atoms with E-state index in [2.05, 4.69) is 0 Å². The van der Waals surface area contributed by atoms with Crippen LogP contribution in [0.4, 0.5) is 0 Å². The average molecular weight is 379 g/mol. The Morgan fingerprint density at radius 2 is 1.83 bits per heavy atom. The number of hydrogen-bond acceptors (Lipinski definition) is 3. The lowest BCUT2D eigenvalue weighted by atomic mass is 10.1. The van der Waals surface area contributed by atoms with E-state index in [4.69, 9.17) is 39.5 Å². The maximum Gasteiger partial charge on any atom is 0.328 e. The molecule has 23 heavy (non-hydrogen) atoms. The monoisotopic (exact) mass is 377 g/mol. The molecule has 2 unspecified atom stereocenters. The van der Waals surface area contributed by atoms with Crippen LogP contribution in [0.2, 0.25) is 15.1 Å². The second kappa shape index (κ2) is 7.73. The Morgan fingerprint density at radius 1 is 1.22 bits per heavy atom. The SMILES string of the molecule is CCOC(=O)C1CCC(C)N1C(=O)Cc1c(Cl)cc(Cl)cc1Cl. The molecule has 1 fully saturated rings. The van der Waals surface area contributed by atoms with Crippen molar-refractivity contribution in [2.45, 2.75) is 45.2 Å². The first-order chi connectivity index (χ1) is 10.8. The molecule has 0 spiro atoms. The van der Waals surface area contributed by atoms with Crippen LogP contribution in [0.1, 0.15) is 32.3 Å². The van der Waals surface area contributed by atoms with Crippen LogP contribution in [0.3, 0.4) is 0 Å². The predicted molar refractivity (Wildman–Crippen MR) is 91.1 cm³/mol. The average Bonchev–Trinajstić information content (AvgIpc) is 2.85. The third-order valence-corrected chi connectivity index (χ3v) is 4.84. The number of carbonyl (C=O) groups excluding carboxylic acids is 2. The van der Waals surface area contributed by atoms with Gasteiger partial charge in [-0.3, -0.25) is 4.79 Å². The van der Waals surface area contributed by atoms with Gasteiger partial charge in [-0.1, -0.05) is 34.8 Å². The normalized spacial score (nSPS) is 20.7. The van der Waals surface area contributed by atoms with Crippen LogP contribution < -0.4 is 0 Å². The van der Waals surface area contributed by atoms with Crippen LogP contribution in [0.25, 0.3) is 0 Å². The molecule has 0 N–H and O–H groups in total. The number of esters is 1. The van der Waals surface area contributed by atoms with Gasteiger partial charge in [0, 0.05) is 21.1 Å². The zero-order valence-electron chi connectivity index (χ0n) is 12.9. The highest BCUT2D eigenvalue weighted by Crippen LogP contribution is 2.31. The van der Waals surface area contributed by atoms with Gasteiger partial charge in [-0.05, 0) is 44.4 Å². The zero-order valence-corrected chi connectivity index (χ0v) is 15.2. The molecule has 0 aliphatic carbocycles. The van der Waals surface area contributed by atoms with Crippen LogP contribution in [0.5, 0.6) is 0 Å². The lowest BCUT2D eigenvalue weighted by Crippen LogP contribution is -2.45. The van der Waals surface area contributed by atoms with Gasteiger partial charge >= 0.3 is 5.97 Å². The molecule has 2 atom stereocenters. The van der Waals surface area contributed by atoms with Crippen LogP contribution >= 0.6 is 34.8 Å². The summed E-state index contributed by atoms with van der Waals surface area (Å²) in [6.07, 6.45) is 1.39. The van der Waals surface area contributed by atoms with E-state index in [1.54, 1.807) is 24.0 Å². The summed E-state index contributed by atoms with van der Waals surface area (Å²) in [6.45, 7) is 3.96. The molecule has 1 saturated heterocycles. The third-order valence-electron chi connectivity index (χ3n) is 3.95. The summed E-state index contributed by atoms with van der Waals surface area (Å²) in [7, 11) is 0. The number of nitrogens with zero attached hydrogens (tertiary/aromatic N) is 1. The number of amides is 1. The fourth-order valence-corrected chi connectivity index (χ4v) is 3.81. The predicted octanol–water partition coefficient (Wildman–Crippen LogP) is 4.13. The summed E-state index contributed by atoms with van der Waals surface area (Å²) in [5.74, 6) is -0.558. The second-order valence-corrected chi connectivity index (χ2v) is 6.77. The van der Waals surface area contributed by atoms with Crippen molar-refractivity contribution in [2.75, 3.05) is 6.61 Å². The minimum atomic E-state index is -0.540. The molecule has 1 aromatic rings. The number of hydrogen-bond donors (Lipinski definition) is 0. The van der Waals surface area contributed by atoms with E-state index >= 15 is 0 Å². The number of rotatable bonds is 4. The Hall–Kier alpha value is -0.970. The first-order valence-electron chi connectivity index (χ1n) is 7.46. The Labute approximate surface area is 150 Å². The van der Waals surface area contributed by atoms with Gasteiger partial charge in [-0.15, -0.1) is 0 Å². The summed E-state index contributed by atoms with van der Waals surface area (Å²) < 4.78 is 5.07. The lowest BCUT2D eigenvalue weighted by Gasteiger charge is -2.27. The summed E-state index contributed by atoms with van der Waals surface area (Å²) in [6, 6.07) is 2.53. The van der Waals surface area contributed by atoms with Crippen LogP contribution in [-0.2, 0) is 20.7 Å². The van der Waals surface area contributed by atoms with E-state index < -0.39 is 6.04 Å². The Morgan fingerprint density at radius 3 is 2.39 bits per heavy atom. The minimum absolute atomic E-state index is 0.0229. The number of carbonyl (C=O) groups is 2. The largest absolute Gasteiger partial charge is 0.464 e. The number of benzene rings is 1. The van der Waals surface area contributed by atoms with Gasteiger partial charge in [0.15, 0.2) is 0 Å². The number of halogens is 3. The van der Waals surface area contributed by atoms with Gasteiger partial charge in [-0.2, -0.15) is 0 Å². The first-order valence-corrected chi connectivity index (χ1v) is 8.59. The molecule has 0 bridgehead atoms. The fourth-order valence-electron chi connectivity index (χ4n) is 2.86. The highest BCUT2D eigenvalue weighted by Gasteiger charge is 2.39. The maximum atomic E-state index is 12.7. The fraction of sp³-hybridized carbons (Fsp3) is 0.500. The Kier molecular flexibility index (Phi) is 6.18. The summed E-state index contributed by atoms with van der Waals surface area (Å²) in [4.78, 5) is 26.3. The van der Waals surface area contributed by atoms with E-state index in [0.717, 1.165) is 6.42 Å². The molecular formula is C16H18Cl3NO3. The van der Waals surface area contributed by atoms with Crippen molar-refractivity contribution in [3.63, 3.8) is 0 Å². The van der Waals surface area contributed by atoms with Gasteiger partial charge in [0.25, 0.3) is 0 Å². The van der Waals surface area contributed by atoms with Crippen molar-refractivity contribution >= 4 is 46.7 Å². The van der Waals surface area contributed by atoms with Crippen molar-refractivity contribution < 1.29 is 14.3 Å². The van der Waals surface area contributed by atoms with Gasteiger partial charge in [0.2, 0.25) is 5.91 Å². The van der Waals surface area contributed by atoms with Crippen molar-refractivity contribution in [3.8, 4) is 0 Å². The molecule has 7 heteroatoms. The van der Waals surface area contributed by atoms with Gasteiger partial charge in [-0.25, -0.2) is 4.79 Å². The molecule has 0 radical (unpaired) electrons. The zero-order chi connectivity index (χ0) is 17.1. The van der Waals surface area contributed by atoms with E-state index in [9.17, 15) is 9.59 Å². The Balaban J connectivity index is 2.20. The molecule has 2 rings (SSSR count). The van der Waals surface area contributed by atoms with Crippen LogP contribution in [0.15, 0.2) is 12.1 Å². The molecule has 1 aliphatic rings. The molecule has 0 aromatic heterocycles. The van der Waals surface area contributed by atoms with E-state index in [0.29, 0.717) is 33.7 Å². The smallest absolute Gasteiger partial charge is 0.328 e. The highest BCUT2D eigenvalue weighted by atomic mass is 35.5. The molecule has 1 heterocycles. The molecule has 4 nitrogen and oxygen atoms in total. The molecule has 126 valence electrons. The maximum absolute atomic E-state index is 12.7. The van der Waals surface area contributed by atoms with E-state index in [1.807, 2.05) is 6.92 Å². The van der Waals surface area contributed by atoms with Crippen molar-refractivity contribution in [1.29, 1.82) is 0 Å². The molecule has 0 saturated carbocycles. The van der Waals surface area contributed by atoms with Crippen LogP contribution in [0, 0.1) is 0 Å². The van der Waals surface area contributed by atoms with Gasteiger partial charge < -0.3 is 9.64 Å². The van der Waals surface area contributed by atoms with Gasteiger partial charge in [0.05, 0.1) is 13.0 Å². The third kappa shape index (κ3) is 4.11. The quantitative estimate of drug-likeness (QED) is 0.740. The summed E-state index contributed by atoms with van der Waals surface area (Å²) in [5, 5.41) is 1.10. The topological polar surface area (TPSA) is 46.6 Å². The summed E-state index contributed by atoms with van der Waals surface area (Å²) in [5.41, 5.74) is 0.518. The van der Waals surface area contributed by atoms with E-state index in [-0.39, 0.29) is 24.3 Å². The van der Waals surface area contributed by atoms with Crippen molar-refractivity contribution in [1.82, 2.24) is 4.90 Å². The number of ether oxygens (including phenoxy) is 1. The first kappa shape index (κ1) is 18.4. The van der Waals surface area contributed by atoms with Gasteiger partial charge in [0.1, 0.15) is 6.04 Å². The molecular weight excluding hydrogens is 361 g/mol. The van der Waals surface area contributed by atoms with Crippen molar-refractivity contribution in [3.05, 3.63) is 32.8 Å².